The van der Waals surface area contributed by atoms with Crippen LogP contribution in [0.2, 0.25) is 0 Å². The third kappa shape index (κ3) is 5.65. The fourth-order valence-corrected chi connectivity index (χ4v) is 3.60. The maximum Gasteiger partial charge on any atom is 0.225 e. The smallest absolute Gasteiger partial charge is 0.225 e. The minimum atomic E-state index is -0.547. The van der Waals surface area contributed by atoms with Crippen molar-refractivity contribution in [3.05, 3.63) is 48.0 Å². The van der Waals surface area contributed by atoms with Crippen LogP contribution in [0.5, 0.6) is 0 Å². The van der Waals surface area contributed by atoms with Gasteiger partial charge in [0.05, 0.1) is 31.6 Å². The predicted octanol–water partition coefficient (Wildman–Crippen LogP) is 1.43. The van der Waals surface area contributed by atoms with E-state index in [0.29, 0.717) is 0 Å². The molecule has 146 valence electrons. The summed E-state index contributed by atoms with van der Waals surface area (Å²) in [6.07, 6.45) is 6.60. The maximum atomic E-state index is 12.4. The molecular formula is C21H28N2O4. The lowest BCUT2D eigenvalue weighted by atomic mass is 10.0. The summed E-state index contributed by atoms with van der Waals surface area (Å²) < 4.78 is 5.86. The molecule has 0 saturated carbocycles. The van der Waals surface area contributed by atoms with Crippen LogP contribution < -0.4 is 5.32 Å². The normalized spacial score (nSPS) is 25.2. The molecule has 1 aromatic carbocycles. The van der Waals surface area contributed by atoms with Gasteiger partial charge in [0.1, 0.15) is 6.10 Å². The lowest BCUT2D eigenvalue weighted by Crippen LogP contribution is -2.49. The Kier molecular flexibility index (Phi) is 7.01. The van der Waals surface area contributed by atoms with Crippen LogP contribution in [0.25, 0.3) is 0 Å². The van der Waals surface area contributed by atoms with Crippen LogP contribution in [-0.2, 0) is 20.7 Å². The van der Waals surface area contributed by atoms with E-state index in [4.69, 9.17) is 4.74 Å². The van der Waals surface area contributed by atoms with Crippen molar-refractivity contribution in [3.8, 4) is 0 Å². The molecular weight excluding hydrogens is 344 g/mol. The van der Waals surface area contributed by atoms with Crippen molar-refractivity contribution >= 4 is 11.8 Å². The molecule has 1 fully saturated rings. The number of rotatable bonds is 6. The molecule has 6 nitrogen and oxygen atoms in total. The van der Waals surface area contributed by atoms with Crippen molar-refractivity contribution in [2.24, 2.45) is 0 Å². The Morgan fingerprint density at radius 2 is 1.85 bits per heavy atom. The summed E-state index contributed by atoms with van der Waals surface area (Å²) in [7, 11) is 0. The highest BCUT2D eigenvalue weighted by Crippen LogP contribution is 2.18. The van der Waals surface area contributed by atoms with E-state index in [9.17, 15) is 14.7 Å². The molecule has 0 unspecified atom stereocenters. The molecule has 2 aliphatic heterocycles. The fourth-order valence-electron chi connectivity index (χ4n) is 3.60. The van der Waals surface area contributed by atoms with E-state index in [1.165, 1.54) is 6.42 Å². The topological polar surface area (TPSA) is 78.9 Å². The van der Waals surface area contributed by atoms with Gasteiger partial charge >= 0.3 is 0 Å². The summed E-state index contributed by atoms with van der Waals surface area (Å²) in [5.74, 6) is -0.0339. The zero-order valence-corrected chi connectivity index (χ0v) is 15.5. The second-order valence-corrected chi connectivity index (χ2v) is 7.18. The summed E-state index contributed by atoms with van der Waals surface area (Å²) >= 11 is 0. The first-order valence-electron chi connectivity index (χ1n) is 9.71. The molecule has 1 aromatic rings. The Morgan fingerprint density at radius 3 is 2.56 bits per heavy atom. The molecule has 3 rings (SSSR count). The minimum Gasteiger partial charge on any atom is -0.394 e. The van der Waals surface area contributed by atoms with Crippen LogP contribution in [-0.4, -0.2) is 59.8 Å². The average Bonchev–Trinajstić information content (AvgIpc) is 2.70. The summed E-state index contributed by atoms with van der Waals surface area (Å²) in [5.41, 5.74) is 0.932. The van der Waals surface area contributed by atoms with Crippen molar-refractivity contribution in [2.45, 2.75) is 50.4 Å². The van der Waals surface area contributed by atoms with Crippen molar-refractivity contribution in [1.29, 1.82) is 0 Å². The van der Waals surface area contributed by atoms with E-state index >= 15 is 0 Å². The van der Waals surface area contributed by atoms with Crippen molar-refractivity contribution in [1.82, 2.24) is 10.2 Å². The maximum absolute atomic E-state index is 12.4. The van der Waals surface area contributed by atoms with Crippen LogP contribution in [0.3, 0.4) is 0 Å². The van der Waals surface area contributed by atoms with E-state index in [-0.39, 0.29) is 37.4 Å². The Balaban J connectivity index is 1.52. The molecule has 2 heterocycles. The number of aliphatic hydroxyl groups excluding tert-OH is 1. The van der Waals surface area contributed by atoms with Gasteiger partial charge in [-0.15, -0.1) is 0 Å². The second kappa shape index (κ2) is 9.67. The number of nitrogens with zero attached hydrogens (tertiary/aromatic N) is 1. The Bertz CT molecular complexity index is 655. The Morgan fingerprint density at radius 1 is 1.11 bits per heavy atom. The highest BCUT2D eigenvalue weighted by Gasteiger charge is 2.30. The van der Waals surface area contributed by atoms with Crippen molar-refractivity contribution in [3.63, 3.8) is 0 Å². The van der Waals surface area contributed by atoms with E-state index in [1.807, 2.05) is 47.4 Å². The number of aliphatic hydroxyl groups is 1. The quantitative estimate of drug-likeness (QED) is 0.741. The monoisotopic (exact) mass is 372 g/mol. The SMILES string of the molecule is O=C(Cc1ccccc1)N[C@@H]1C=C[C@@H](CC(=O)N2CCCCC2)O[C@H]1CO. The molecule has 27 heavy (non-hydrogen) atoms. The summed E-state index contributed by atoms with van der Waals surface area (Å²) in [4.78, 5) is 26.6. The molecule has 0 aromatic heterocycles. The molecule has 3 atom stereocenters. The summed E-state index contributed by atoms with van der Waals surface area (Å²) in [6.45, 7) is 1.42. The lowest BCUT2D eigenvalue weighted by molar-refractivity contribution is -0.137. The number of carbonyl (C=O) groups excluding carboxylic acids is 2. The number of benzene rings is 1. The van der Waals surface area contributed by atoms with Gasteiger partial charge in [-0.3, -0.25) is 9.59 Å². The number of ether oxygens (including phenoxy) is 1. The first-order chi connectivity index (χ1) is 13.2. The molecule has 0 radical (unpaired) electrons. The largest absolute Gasteiger partial charge is 0.394 e. The lowest BCUT2D eigenvalue weighted by Gasteiger charge is -2.33. The molecule has 0 bridgehead atoms. The van der Waals surface area contributed by atoms with Crippen LogP contribution in [0.1, 0.15) is 31.2 Å². The number of carbonyl (C=O) groups is 2. The standard InChI is InChI=1S/C21H28N2O4/c24-15-19-18(22-20(25)13-16-7-3-1-4-8-16)10-9-17(27-19)14-21(26)23-11-5-2-6-12-23/h1,3-4,7-10,17-19,24H,2,5-6,11-15H2,(H,22,25)/t17-,18+,19-/m0/s1. The molecule has 2 N–H and O–H groups in total. The second-order valence-electron chi connectivity index (χ2n) is 7.18. The van der Waals surface area contributed by atoms with Gasteiger partial charge in [0, 0.05) is 13.1 Å². The molecule has 6 heteroatoms. The van der Waals surface area contributed by atoms with Gasteiger partial charge < -0.3 is 20.1 Å². The van der Waals surface area contributed by atoms with Gasteiger partial charge in [-0.05, 0) is 24.8 Å². The zero-order chi connectivity index (χ0) is 19.1. The highest BCUT2D eigenvalue weighted by molar-refractivity contribution is 5.79. The zero-order valence-electron chi connectivity index (χ0n) is 15.5. The van der Waals surface area contributed by atoms with E-state index in [0.717, 1.165) is 31.5 Å². The predicted molar refractivity (Wildman–Crippen MR) is 102 cm³/mol. The third-order valence-electron chi connectivity index (χ3n) is 5.08. The number of piperidine rings is 1. The first kappa shape index (κ1) is 19.6. The van der Waals surface area contributed by atoms with Crippen LogP contribution >= 0.6 is 0 Å². The van der Waals surface area contributed by atoms with Gasteiger partial charge in [-0.1, -0.05) is 42.5 Å². The molecule has 0 spiro atoms. The minimum absolute atomic E-state index is 0.0904. The Labute approximate surface area is 160 Å². The van der Waals surface area contributed by atoms with Crippen molar-refractivity contribution in [2.75, 3.05) is 19.7 Å². The van der Waals surface area contributed by atoms with Gasteiger partial charge in [-0.2, -0.15) is 0 Å². The van der Waals surface area contributed by atoms with Crippen molar-refractivity contribution < 1.29 is 19.4 Å². The van der Waals surface area contributed by atoms with Crippen LogP contribution in [0.4, 0.5) is 0 Å². The van der Waals surface area contributed by atoms with E-state index < -0.39 is 12.1 Å². The number of nitrogens with one attached hydrogen (secondary N) is 1. The number of hydrogen-bond donors (Lipinski definition) is 2. The average molecular weight is 372 g/mol. The van der Waals surface area contributed by atoms with E-state index in [1.54, 1.807) is 0 Å². The third-order valence-corrected chi connectivity index (χ3v) is 5.08. The van der Waals surface area contributed by atoms with E-state index in [2.05, 4.69) is 5.32 Å². The van der Waals surface area contributed by atoms with Crippen LogP contribution in [0, 0.1) is 0 Å². The van der Waals surface area contributed by atoms with Gasteiger partial charge in [0.15, 0.2) is 0 Å². The molecule has 0 aliphatic carbocycles. The number of likely N-dealkylation sites (tertiary alicyclic amines) is 1. The van der Waals surface area contributed by atoms with Gasteiger partial charge in [-0.25, -0.2) is 0 Å². The Hall–Kier alpha value is -2.18. The molecule has 1 saturated heterocycles. The molecule has 2 aliphatic rings. The highest BCUT2D eigenvalue weighted by atomic mass is 16.5. The first-order valence-corrected chi connectivity index (χ1v) is 9.71. The molecule has 2 amide bonds. The van der Waals surface area contributed by atoms with Crippen LogP contribution in [0.15, 0.2) is 42.5 Å². The van der Waals surface area contributed by atoms with Gasteiger partial charge in [0.25, 0.3) is 0 Å². The number of amides is 2. The summed E-state index contributed by atoms with van der Waals surface area (Å²) in [6, 6.07) is 9.11. The fraction of sp³-hybridized carbons (Fsp3) is 0.524. The van der Waals surface area contributed by atoms with Gasteiger partial charge in [0.2, 0.25) is 11.8 Å². The number of hydrogen-bond acceptors (Lipinski definition) is 4. The summed E-state index contributed by atoms with van der Waals surface area (Å²) in [5, 5.41) is 12.6.